The predicted molar refractivity (Wildman–Crippen MR) is 88.6 cm³/mol. The van der Waals surface area contributed by atoms with Gasteiger partial charge in [0.1, 0.15) is 11.6 Å². The Balaban J connectivity index is 1.79. The fraction of sp³-hybridized carbons (Fsp3) is 0.579. The van der Waals surface area contributed by atoms with Crippen LogP contribution in [0.1, 0.15) is 55.8 Å². The van der Waals surface area contributed by atoms with Gasteiger partial charge in [0.15, 0.2) is 11.4 Å². The SMILES string of the molecule is COC1(c2nc(C3(c4c(F)cccc4F)CCCC3)no2)CCOCC1. The molecule has 140 valence electrons. The summed E-state index contributed by atoms with van der Waals surface area (Å²) in [6.45, 7) is 1.08. The lowest BCUT2D eigenvalue weighted by Gasteiger charge is -2.32. The van der Waals surface area contributed by atoms with Gasteiger partial charge in [-0.2, -0.15) is 4.98 Å². The summed E-state index contributed by atoms with van der Waals surface area (Å²) in [5, 5.41) is 4.16. The molecular formula is C19H22F2N2O3. The number of aromatic nitrogens is 2. The summed E-state index contributed by atoms with van der Waals surface area (Å²) < 4.78 is 45.8. The van der Waals surface area contributed by atoms with Gasteiger partial charge in [-0.3, -0.25) is 0 Å². The summed E-state index contributed by atoms with van der Waals surface area (Å²) in [5.74, 6) is -0.421. The first-order valence-electron chi connectivity index (χ1n) is 9.03. The number of halogens is 2. The van der Waals surface area contributed by atoms with Crippen LogP contribution in [0, 0.1) is 11.6 Å². The second-order valence-electron chi connectivity index (χ2n) is 7.12. The highest BCUT2D eigenvalue weighted by Crippen LogP contribution is 2.47. The van der Waals surface area contributed by atoms with Crippen molar-refractivity contribution in [1.82, 2.24) is 10.1 Å². The minimum atomic E-state index is -0.892. The van der Waals surface area contributed by atoms with Gasteiger partial charge in [-0.25, -0.2) is 8.78 Å². The lowest BCUT2D eigenvalue weighted by molar-refractivity contribution is -0.111. The highest BCUT2D eigenvalue weighted by atomic mass is 19.1. The molecule has 0 amide bonds. The maximum atomic E-state index is 14.6. The first-order chi connectivity index (χ1) is 12.6. The molecule has 2 fully saturated rings. The quantitative estimate of drug-likeness (QED) is 0.825. The average molecular weight is 364 g/mol. The third kappa shape index (κ3) is 2.65. The highest BCUT2D eigenvalue weighted by molar-refractivity contribution is 5.36. The smallest absolute Gasteiger partial charge is 0.259 e. The van der Waals surface area contributed by atoms with Gasteiger partial charge in [0.25, 0.3) is 5.89 Å². The zero-order valence-electron chi connectivity index (χ0n) is 14.8. The van der Waals surface area contributed by atoms with Crippen LogP contribution in [0.4, 0.5) is 8.78 Å². The van der Waals surface area contributed by atoms with E-state index in [9.17, 15) is 8.78 Å². The molecule has 26 heavy (non-hydrogen) atoms. The second kappa shape index (κ2) is 6.70. The molecule has 0 bridgehead atoms. The minimum absolute atomic E-state index is 0.0447. The van der Waals surface area contributed by atoms with E-state index < -0.39 is 22.7 Å². The molecule has 2 aliphatic rings. The van der Waals surface area contributed by atoms with Gasteiger partial charge in [-0.1, -0.05) is 24.1 Å². The van der Waals surface area contributed by atoms with Crippen LogP contribution in [0.3, 0.4) is 0 Å². The van der Waals surface area contributed by atoms with E-state index in [4.69, 9.17) is 14.0 Å². The Kier molecular flexibility index (Phi) is 4.52. The number of hydrogen-bond acceptors (Lipinski definition) is 5. The fourth-order valence-corrected chi connectivity index (χ4v) is 4.33. The molecular weight excluding hydrogens is 342 g/mol. The molecule has 2 heterocycles. The Morgan fingerprint density at radius 1 is 1.04 bits per heavy atom. The summed E-state index contributed by atoms with van der Waals surface area (Å²) >= 11 is 0. The van der Waals surface area contributed by atoms with E-state index in [1.165, 1.54) is 18.2 Å². The molecule has 0 unspecified atom stereocenters. The van der Waals surface area contributed by atoms with Crippen LogP contribution < -0.4 is 0 Å². The van der Waals surface area contributed by atoms with Crippen LogP contribution in [0.5, 0.6) is 0 Å². The largest absolute Gasteiger partial charge is 0.381 e. The van der Waals surface area contributed by atoms with Crippen molar-refractivity contribution in [2.24, 2.45) is 0 Å². The number of methoxy groups -OCH3 is 1. The van der Waals surface area contributed by atoms with E-state index in [-0.39, 0.29) is 5.56 Å². The molecule has 0 spiro atoms. The summed E-state index contributed by atoms with van der Waals surface area (Å²) in [6, 6.07) is 3.95. The molecule has 1 aromatic carbocycles. The van der Waals surface area contributed by atoms with Crippen molar-refractivity contribution in [3.8, 4) is 0 Å². The van der Waals surface area contributed by atoms with Crippen molar-refractivity contribution >= 4 is 0 Å². The van der Waals surface area contributed by atoms with Gasteiger partial charge in [0.2, 0.25) is 0 Å². The standard InChI is InChI=1S/C19H22F2N2O3/c1-24-19(9-11-25-12-10-19)17-22-16(23-26-17)18(7-2-3-8-18)15-13(20)5-4-6-14(15)21/h4-6H,2-3,7-12H2,1H3. The Morgan fingerprint density at radius 3 is 2.31 bits per heavy atom. The van der Waals surface area contributed by atoms with Crippen LogP contribution in [0.2, 0.25) is 0 Å². The van der Waals surface area contributed by atoms with E-state index in [2.05, 4.69) is 10.1 Å². The van der Waals surface area contributed by atoms with E-state index in [1.807, 2.05) is 0 Å². The fourth-order valence-electron chi connectivity index (χ4n) is 4.33. The Hall–Kier alpha value is -1.86. The second-order valence-corrected chi connectivity index (χ2v) is 7.12. The molecule has 4 rings (SSSR count). The van der Waals surface area contributed by atoms with Crippen LogP contribution >= 0.6 is 0 Å². The Bertz CT molecular complexity index is 761. The normalized spacial score (nSPS) is 21.8. The van der Waals surface area contributed by atoms with Crippen LogP contribution in [-0.4, -0.2) is 30.5 Å². The van der Waals surface area contributed by atoms with Crippen molar-refractivity contribution in [3.05, 3.63) is 47.1 Å². The maximum Gasteiger partial charge on any atom is 0.259 e. The van der Waals surface area contributed by atoms with Gasteiger partial charge in [0.05, 0.1) is 5.41 Å². The van der Waals surface area contributed by atoms with Crippen molar-refractivity contribution in [1.29, 1.82) is 0 Å². The predicted octanol–water partition coefficient (Wildman–Crippen LogP) is 3.86. The number of benzene rings is 1. The molecule has 0 atom stereocenters. The number of rotatable bonds is 4. The molecule has 2 aromatic rings. The number of ether oxygens (including phenoxy) is 2. The van der Waals surface area contributed by atoms with Crippen LogP contribution in [-0.2, 0) is 20.5 Å². The van der Waals surface area contributed by atoms with E-state index >= 15 is 0 Å². The first kappa shape index (κ1) is 17.5. The highest BCUT2D eigenvalue weighted by Gasteiger charge is 2.47. The van der Waals surface area contributed by atoms with Gasteiger partial charge in [-0.05, 0) is 25.0 Å². The number of nitrogens with zero attached hydrogens (tertiary/aromatic N) is 2. The van der Waals surface area contributed by atoms with Crippen LogP contribution in [0.25, 0.3) is 0 Å². The topological polar surface area (TPSA) is 57.4 Å². The van der Waals surface area contributed by atoms with Crippen molar-refractivity contribution in [2.75, 3.05) is 20.3 Å². The molecule has 5 nitrogen and oxygen atoms in total. The van der Waals surface area contributed by atoms with Gasteiger partial charge in [-0.15, -0.1) is 0 Å². The van der Waals surface area contributed by atoms with E-state index in [0.717, 1.165) is 12.8 Å². The average Bonchev–Trinajstić information content (AvgIpc) is 3.33. The van der Waals surface area contributed by atoms with Gasteiger partial charge < -0.3 is 14.0 Å². The van der Waals surface area contributed by atoms with E-state index in [1.54, 1.807) is 7.11 Å². The van der Waals surface area contributed by atoms with Crippen molar-refractivity contribution < 1.29 is 22.8 Å². The number of hydrogen-bond donors (Lipinski definition) is 0. The van der Waals surface area contributed by atoms with Crippen LogP contribution in [0.15, 0.2) is 22.7 Å². The monoisotopic (exact) mass is 364 g/mol. The van der Waals surface area contributed by atoms with E-state index in [0.29, 0.717) is 50.6 Å². The lowest BCUT2D eigenvalue weighted by Crippen LogP contribution is -2.36. The van der Waals surface area contributed by atoms with Gasteiger partial charge in [0, 0.05) is 38.7 Å². The van der Waals surface area contributed by atoms with Gasteiger partial charge >= 0.3 is 0 Å². The van der Waals surface area contributed by atoms with Crippen molar-refractivity contribution in [2.45, 2.75) is 49.5 Å². The molecule has 7 heteroatoms. The Morgan fingerprint density at radius 2 is 1.69 bits per heavy atom. The maximum absolute atomic E-state index is 14.6. The summed E-state index contributed by atoms with van der Waals surface area (Å²) in [5.41, 5.74) is -1.54. The molecule has 1 saturated carbocycles. The zero-order valence-corrected chi connectivity index (χ0v) is 14.8. The lowest BCUT2D eigenvalue weighted by atomic mass is 9.77. The molecule has 0 radical (unpaired) electrons. The zero-order chi connectivity index (χ0) is 18.2. The summed E-state index contributed by atoms with van der Waals surface area (Å²) in [6.07, 6.45) is 4.11. The minimum Gasteiger partial charge on any atom is -0.381 e. The Labute approximate surface area is 150 Å². The molecule has 1 saturated heterocycles. The summed E-state index contributed by atoms with van der Waals surface area (Å²) in [4.78, 5) is 4.60. The molecule has 1 aromatic heterocycles. The molecule has 1 aliphatic carbocycles. The molecule has 1 aliphatic heterocycles. The molecule has 0 N–H and O–H groups in total. The first-order valence-corrected chi connectivity index (χ1v) is 9.03. The summed E-state index contributed by atoms with van der Waals surface area (Å²) in [7, 11) is 1.61. The van der Waals surface area contributed by atoms with Crippen molar-refractivity contribution in [3.63, 3.8) is 0 Å². The third-order valence-corrected chi connectivity index (χ3v) is 5.83. The third-order valence-electron chi connectivity index (χ3n) is 5.83.